The van der Waals surface area contributed by atoms with Crippen molar-refractivity contribution in [3.8, 4) is 0 Å². The molecule has 3 nitrogen and oxygen atoms in total. The van der Waals surface area contributed by atoms with Crippen molar-refractivity contribution in [2.45, 2.75) is 24.7 Å². The molecule has 2 fully saturated rings. The topological polar surface area (TPSA) is 30.5 Å². The van der Waals surface area contributed by atoms with Gasteiger partial charge in [-0.05, 0) is 38.1 Å². The maximum atomic E-state index is 6.15. The van der Waals surface area contributed by atoms with E-state index in [1.807, 2.05) is 12.1 Å². The molecule has 1 N–H and O–H groups in total. The first-order valence-corrected chi connectivity index (χ1v) is 6.82. The molecule has 17 heavy (non-hydrogen) atoms. The molecular weight excluding hydrogens is 282 g/mol. The van der Waals surface area contributed by atoms with Gasteiger partial charge < -0.3 is 14.8 Å². The zero-order chi connectivity index (χ0) is 11.7. The number of rotatable bonds is 1. The molecule has 0 saturated carbocycles. The fourth-order valence-electron chi connectivity index (χ4n) is 2.48. The molecule has 2 aliphatic heterocycles. The minimum absolute atomic E-state index is 0.0573. The van der Waals surface area contributed by atoms with Crippen LogP contribution in [0, 0.1) is 0 Å². The Morgan fingerprint density at radius 3 is 2.88 bits per heavy atom. The lowest BCUT2D eigenvalue weighted by atomic mass is 9.94. The van der Waals surface area contributed by atoms with Crippen LogP contribution >= 0.6 is 15.9 Å². The van der Waals surface area contributed by atoms with Crippen LogP contribution in [0.5, 0.6) is 0 Å². The molecule has 0 radical (unpaired) electrons. The highest BCUT2D eigenvalue weighted by Crippen LogP contribution is 2.38. The zero-order valence-corrected chi connectivity index (χ0v) is 11.2. The Bertz CT molecular complexity index is 404. The summed E-state index contributed by atoms with van der Waals surface area (Å²) in [5.41, 5.74) is 1.04. The van der Waals surface area contributed by atoms with E-state index in [0.29, 0.717) is 6.61 Å². The lowest BCUT2D eigenvalue weighted by Crippen LogP contribution is -2.43. The summed E-state index contributed by atoms with van der Waals surface area (Å²) >= 11 is 3.48. The van der Waals surface area contributed by atoms with Crippen molar-refractivity contribution in [1.29, 1.82) is 0 Å². The minimum atomic E-state index is -0.203. The van der Waals surface area contributed by atoms with Crippen LogP contribution < -0.4 is 5.32 Å². The van der Waals surface area contributed by atoms with Gasteiger partial charge in [-0.1, -0.05) is 28.1 Å². The number of nitrogens with one attached hydrogen (secondary N) is 1. The molecule has 1 unspecified atom stereocenters. The van der Waals surface area contributed by atoms with Crippen LogP contribution in [-0.4, -0.2) is 25.3 Å². The second-order valence-electron chi connectivity index (χ2n) is 4.75. The standard InChI is InChI=1S/C13H16BrNO2/c14-11-3-1-2-10(8-11)12-16-9-13(17-12)4-6-15-7-5-13/h1-3,8,12,15H,4-7,9H2. The Kier molecular flexibility index (Phi) is 3.21. The lowest BCUT2D eigenvalue weighted by molar-refractivity contribution is -0.101. The molecule has 2 heterocycles. The molecule has 1 aromatic rings. The highest BCUT2D eigenvalue weighted by Gasteiger charge is 2.42. The number of hydrogen-bond acceptors (Lipinski definition) is 3. The van der Waals surface area contributed by atoms with Crippen LogP contribution in [0.2, 0.25) is 0 Å². The zero-order valence-electron chi connectivity index (χ0n) is 9.62. The molecule has 0 aromatic heterocycles. The molecule has 1 spiro atoms. The number of benzene rings is 1. The molecule has 2 saturated heterocycles. The second-order valence-corrected chi connectivity index (χ2v) is 5.66. The van der Waals surface area contributed by atoms with Gasteiger partial charge in [0, 0.05) is 10.0 Å². The van der Waals surface area contributed by atoms with Gasteiger partial charge in [-0.15, -0.1) is 0 Å². The van der Waals surface area contributed by atoms with Gasteiger partial charge in [0.25, 0.3) is 0 Å². The first-order valence-electron chi connectivity index (χ1n) is 6.03. The maximum absolute atomic E-state index is 6.15. The molecule has 4 heteroatoms. The average Bonchev–Trinajstić information content (AvgIpc) is 2.74. The van der Waals surface area contributed by atoms with E-state index in [4.69, 9.17) is 9.47 Å². The Morgan fingerprint density at radius 2 is 2.12 bits per heavy atom. The van der Waals surface area contributed by atoms with Crippen molar-refractivity contribution in [2.75, 3.05) is 19.7 Å². The van der Waals surface area contributed by atoms with Gasteiger partial charge >= 0.3 is 0 Å². The van der Waals surface area contributed by atoms with Crippen molar-refractivity contribution in [3.63, 3.8) is 0 Å². The predicted molar refractivity (Wildman–Crippen MR) is 68.8 cm³/mol. The summed E-state index contributed by atoms with van der Waals surface area (Å²) in [6.45, 7) is 2.76. The monoisotopic (exact) mass is 297 g/mol. The van der Waals surface area contributed by atoms with Gasteiger partial charge in [-0.3, -0.25) is 0 Å². The van der Waals surface area contributed by atoms with Gasteiger partial charge in [0.2, 0.25) is 0 Å². The lowest BCUT2D eigenvalue weighted by Gasteiger charge is -2.31. The summed E-state index contributed by atoms with van der Waals surface area (Å²) in [5, 5.41) is 3.36. The molecular formula is C13H16BrNO2. The highest BCUT2D eigenvalue weighted by atomic mass is 79.9. The Balaban J connectivity index is 1.75. The highest BCUT2D eigenvalue weighted by molar-refractivity contribution is 9.10. The summed E-state index contributed by atoms with van der Waals surface area (Å²) < 4.78 is 13.0. The van der Waals surface area contributed by atoms with Gasteiger partial charge in [-0.2, -0.15) is 0 Å². The third-order valence-corrected chi connectivity index (χ3v) is 3.98. The van der Waals surface area contributed by atoms with E-state index in [1.54, 1.807) is 0 Å². The summed E-state index contributed by atoms with van der Waals surface area (Å²) in [6, 6.07) is 8.14. The van der Waals surface area contributed by atoms with E-state index in [0.717, 1.165) is 36.0 Å². The van der Waals surface area contributed by atoms with Crippen molar-refractivity contribution in [2.24, 2.45) is 0 Å². The molecule has 2 aliphatic rings. The third kappa shape index (κ3) is 2.40. The van der Waals surface area contributed by atoms with E-state index in [1.165, 1.54) is 0 Å². The first kappa shape index (κ1) is 11.7. The molecule has 1 aromatic carbocycles. The van der Waals surface area contributed by atoms with Crippen LogP contribution in [0.25, 0.3) is 0 Å². The maximum Gasteiger partial charge on any atom is 0.184 e. The van der Waals surface area contributed by atoms with Gasteiger partial charge in [0.1, 0.15) is 0 Å². The summed E-state index contributed by atoms with van der Waals surface area (Å²) in [4.78, 5) is 0. The quantitative estimate of drug-likeness (QED) is 0.864. The van der Waals surface area contributed by atoms with E-state index in [-0.39, 0.29) is 11.9 Å². The second kappa shape index (κ2) is 4.69. The van der Waals surface area contributed by atoms with Gasteiger partial charge in [0.05, 0.1) is 12.2 Å². The summed E-state index contributed by atoms with van der Waals surface area (Å²) in [6.07, 6.45) is 1.88. The number of halogens is 1. The van der Waals surface area contributed by atoms with E-state index in [2.05, 4.69) is 33.4 Å². The fraction of sp³-hybridized carbons (Fsp3) is 0.538. The van der Waals surface area contributed by atoms with Gasteiger partial charge in [-0.25, -0.2) is 0 Å². The SMILES string of the molecule is Brc1cccc(C2OCC3(CCNCC3)O2)c1. The van der Waals surface area contributed by atoms with E-state index < -0.39 is 0 Å². The predicted octanol–water partition coefficient (Wildman–Crippen LogP) is 2.62. The normalized spacial score (nSPS) is 27.5. The average molecular weight is 298 g/mol. The Labute approximate surface area is 110 Å². The van der Waals surface area contributed by atoms with Crippen LogP contribution in [0.4, 0.5) is 0 Å². The fourth-order valence-corrected chi connectivity index (χ4v) is 2.90. The number of piperidine rings is 1. The largest absolute Gasteiger partial charge is 0.345 e. The molecule has 0 aliphatic carbocycles. The number of ether oxygens (including phenoxy) is 2. The van der Waals surface area contributed by atoms with Crippen molar-refractivity contribution in [1.82, 2.24) is 5.32 Å². The number of hydrogen-bond donors (Lipinski definition) is 1. The third-order valence-electron chi connectivity index (χ3n) is 3.49. The van der Waals surface area contributed by atoms with E-state index >= 15 is 0 Å². The Hall–Kier alpha value is -0.420. The minimum Gasteiger partial charge on any atom is -0.345 e. The molecule has 0 amide bonds. The van der Waals surface area contributed by atoms with E-state index in [9.17, 15) is 0 Å². The van der Waals surface area contributed by atoms with Gasteiger partial charge in [0.15, 0.2) is 6.29 Å². The molecule has 0 bridgehead atoms. The van der Waals surface area contributed by atoms with Crippen LogP contribution in [-0.2, 0) is 9.47 Å². The molecule has 92 valence electrons. The van der Waals surface area contributed by atoms with Crippen LogP contribution in [0.15, 0.2) is 28.7 Å². The smallest absolute Gasteiger partial charge is 0.184 e. The van der Waals surface area contributed by atoms with Crippen LogP contribution in [0.1, 0.15) is 24.7 Å². The van der Waals surface area contributed by atoms with Crippen molar-refractivity contribution in [3.05, 3.63) is 34.3 Å². The Morgan fingerprint density at radius 1 is 1.29 bits per heavy atom. The molecule has 3 rings (SSSR count). The van der Waals surface area contributed by atoms with Crippen molar-refractivity contribution < 1.29 is 9.47 Å². The summed E-state index contributed by atoms with van der Waals surface area (Å²) in [5.74, 6) is 0. The van der Waals surface area contributed by atoms with Crippen molar-refractivity contribution >= 4 is 15.9 Å². The summed E-state index contributed by atoms with van der Waals surface area (Å²) in [7, 11) is 0. The first-order chi connectivity index (χ1) is 8.27. The molecule has 1 atom stereocenters. The van der Waals surface area contributed by atoms with Crippen LogP contribution in [0.3, 0.4) is 0 Å².